The topological polar surface area (TPSA) is 59.1 Å². The highest BCUT2D eigenvalue weighted by Gasteiger charge is 2.37. The first kappa shape index (κ1) is 14.1. The highest BCUT2D eigenvalue weighted by atomic mass is 16.5. The lowest BCUT2D eigenvalue weighted by Gasteiger charge is -2.46. The zero-order valence-electron chi connectivity index (χ0n) is 12.4. The summed E-state index contributed by atoms with van der Waals surface area (Å²) in [6.45, 7) is 8.92. The summed E-state index contributed by atoms with van der Waals surface area (Å²) in [5, 5.41) is 7.09. The molecule has 2 N–H and O–H groups in total. The van der Waals surface area contributed by atoms with E-state index in [-0.39, 0.29) is 11.1 Å². The van der Waals surface area contributed by atoms with Crippen LogP contribution in [-0.4, -0.2) is 34.2 Å². The second-order valence-electron chi connectivity index (χ2n) is 6.56. The molecule has 1 aromatic heterocycles. The quantitative estimate of drug-likeness (QED) is 0.876. The van der Waals surface area contributed by atoms with Crippen LogP contribution in [0.25, 0.3) is 0 Å². The Kier molecular flexibility index (Phi) is 3.67. The number of piperidine rings is 1. The Balaban J connectivity index is 2.09. The lowest BCUT2D eigenvalue weighted by molar-refractivity contribution is 0.170. The van der Waals surface area contributed by atoms with Gasteiger partial charge in [-0.3, -0.25) is 0 Å². The summed E-state index contributed by atoms with van der Waals surface area (Å²) in [7, 11) is 1.61. The van der Waals surface area contributed by atoms with E-state index in [4.69, 9.17) is 4.74 Å². The minimum atomic E-state index is 0.109. The molecule has 0 atom stereocenters. The van der Waals surface area contributed by atoms with E-state index in [1.54, 1.807) is 19.4 Å². The minimum Gasteiger partial charge on any atom is -0.481 e. The molecule has 0 unspecified atom stereocenters. The maximum Gasteiger partial charge on any atom is 0.226 e. The van der Waals surface area contributed by atoms with Gasteiger partial charge in [0.2, 0.25) is 11.8 Å². The molecule has 0 saturated carbocycles. The number of rotatable bonds is 3. The SMILES string of the molecule is COc1ccnc(NC2CC(C)(C)NC(C)(C)C2)n1. The molecule has 106 valence electrons. The molecule has 0 spiro atoms. The van der Waals surface area contributed by atoms with Crippen LogP contribution in [-0.2, 0) is 0 Å². The fraction of sp³-hybridized carbons (Fsp3) is 0.714. The van der Waals surface area contributed by atoms with Gasteiger partial charge < -0.3 is 15.4 Å². The molecule has 2 rings (SSSR count). The molecule has 5 nitrogen and oxygen atoms in total. The van der Waals surface area contributed by atoms with E-state index in [1.807, 2.05) is 0 Å². The van der Waals surface area contributed by atoms with Crippen molar-refractivity contribution in [3.63, 3.8) is 0 Å². The summed E-state index contributed by atoms with van der Waals surface area (Å²) in [6, 6.07) is 2.11. The van der Waals surface area contributed by atoms with Crippen molar-refractivity contribution in [1.29, 1.82) is 0 Å². The van der Waals surface area contributed by atoms with Gasteiger partial charge in [-0.2, -0.15) is 4.98 Å². The average molecular weight is 264 g/mol. The van der Waals surface area contributed by atoms with E-state index in [2.05, 4.69) is 48.3 Å². The number of hydrogen-bond donors (Lipinski definition) is 2. The minimum absolute atomic E-state index is 0.109. The summed E-state index contributed by atoms with van der Waals surface area (Å²) < 4.78 is 5.12. The molecule has 0 radical (unpaired) electrons. The number of nitrogens with zero attached hydrogens (tertiary/aromatic N) is 2. The van der Waals surface area contributed by atoms with Crippen molar-refractivity contribution < 1.29 is 4.74 Å². The first-order chi connectivity index (χ1) is 8.80. The third kappa shape index (κ3) is 3.80. The number of nitrogens with one attached hydrogen (secondary N) is 2. The van der Waals surface area contributed by atoms with Crippen LogP contribution in [0, 0.1) is 0 Å². The maximum atomic E-state index is 5.12. The summed E-state index contributed by atoms with van der Waals surface area (Å²) >= 11 is 0. The smallest absolute Gasteiger partial charge is 0.226 e. The van der Waals surface area contributed by atoms with Gasteiger partial charge in [0, 0.05) is 29.4 Å². The van der Waals surface area contributed by atoms with Crippen molar-refractivity contribution in [2.45, 2.75) is 57.7 Å². The molecule has 1 aromatic rings. The predicted octanol–water partition coefficient (Wildman–Crippen LogP) is 2.21. The van der Waals surface area contributed by atoms with E-state index >= 15 is 0 Å². The Morgan fingerprint density at radius 1 is 1.26 bits per heavy atom. The van der Waals surface area contributed by atoms with Gasteiger partial charge in [-0.25, -0.2) is 4.98 Å². The molecule has 2 heterocycles. The van der Waals surface area contributed by atoms with E-state index in [9.17, 15) is 0 Å². The van der Waals surface area contributed by atoms with Gasteiger partial charge in [-0.15, -0.1) is 0 Å². The van der Waals surface area contributed by atoms with Crippen LogP contribution < -0.4 is 15.4 Å². The molecular formula is C14H24N4O. The van der Waals surface area contributed by atoms with Crippen molar-refractivity contribution in [2.75, 3.05) is 12.4 Å². The molecule has 0 aliphatic carbocycles. The average Bonchev–Trinajstić information content (AvgIpc) is 2.24. The molecule has 5 heteroatoms. The Morgan fingerprint density at radius 3 is 2.47 bits per heavy atom. The monoisotopic (exact) mass is 264 g/mol. The second-order valence-corrected chi connectivity index (χ2v) is 6.56. The first-order valence-electron chi connectivity index (χ1n) is 6.73. The normalized spacial score (nSPS) is 21.9. The van der Waals surface area contributed by atoms with Crippen LogP contribution in [0.1, 0.15) is 40.5 Å². The standard InChI is InChI=1S/C14H24N4O/c1-13(2)8-10(9-14(3,4)18-13)16-12-15-7-6-11(17-12)19-5/h6-7,10,18H,8-9H2,1-5H3,(H,15,16,17). The van der Waals surface area contributed by atoms with Crippen molar-refractivity contribution in [1.82, 2.24) is 15.3 Å². The van der Waals surface area contributed by atoms with Crippen molar-refractivity contribution in [2.24, 2.45) is 0 Å². The molecule has 0 amide bonds. The maximum absolute atomic E-state index is 5.12. The molecule has 0 bridgehead atoms. The van der Waals surface area contributed by atoms with Crippen LogP contribution in [0.2, 0.25) is 0 Å². The Hall–Kier alpha value is -1.36. The Labute approximate surface area is 115 Å². The van der Waals surface area contributed by atoms with Crippen LogP contribution in [0.4, 0.5) is 5.95 Å². The molecule has 1 saturated heterocycles. The first-order valence-corrected chi connectivity index (χ1v) is 6.73. The fourth-order valence-corrected chi connectivity index (χ4v) is 3.13. The third-order valence-corrected chi connectivity index (χ3v) is 3.36. The van der Waals surface area contributed by atoms with Gasteiger partial charge in [-0.1, -0.05) is 0 Å². The summed E-state index contributed by atoms with van der Waals surface area (Å²) in [5.74, 6) is 1.22. The van der Waals surface area contributed by atoms with Gasteiger partial charge in [0.1, 0.15) is 0 Å². The van der Waals surface area contributed by atoms with Crippen molar-refractivity contribution >= 4 is 5.95 Å². The molecule has 1 fully saturated rings. The predicted molar refractivity (Wildman–Crippen MR) is 76.5 cm³/mol. The number of ether oxygens (including phenoxy) is 1. The Morgan fingerprint density at radius 2 is 1.89 bits per heavy atom. The van der Waals surface area contributed by atoms with Gasteiger partial charge in [0.25, 0.3) is 0 Å². The number of anilines is 1. The highest BCUT2D eigenvalue weighted by molar-refractivity contribution is 5.29. The van der Waals surface area contributed by atoms with E-state index in [0.717, 1.165) is 12.8 Å². The van der Waals surface area contributed by atoms with Gasteiger partial charge in [-0.05, 0) is 40.5 Å². The lowest BCUT2D eigenvalue weighted by Crippen LogP contribution is -2.60. The summed E-state index contributed by atoms with van der Waals surface area (Å²) in [4.78, 5) is 8.57. The highest BCUT2D eigenvalue weighted by Crippen LogP contribution is 2.29. The van der Waals surface area contributed by atoms with Crippen LogP contribution in [0.3, 0.4) is 0 Å². The van der Waals surface area contributed by atoms with E-state index < -0.39 is 0 Å². The molecule has 0 aromatic carbocycles. The number of methoxy groups -OCH3 is 1. The largest absolute Gasteiger partial charge is 0.481 e. The lowest BCUT2D eigenvalue weighted by atomic mass is 9.80. The summed E-state index contributed by atoms with van der Waals surface area (Å²) in [6.07, 6.45) is 3.79. The van der Waals surface area contributed by atoms with Gasteiger partial charge in [0.05, 0.1) is 7.11 Å². The number of aromatic nitrogens is 2. The molecule has 1 aliphatic heterocycles. The van der Waals surface area contributed by atoms with Crippen LogP contribution in [0.5, 0.6) is 5.88 Å². The van der Waals surface area contributed by atoms with Gasteiger partial charge in [0.15, 0.2) is 0 Å². The molecular weight excluding hydrogens is 240 g/mol. The zero-order valence-corrected chi connectivity index (χ0v) is 12.4. The molecule has 19 heavy (non-hydrogen) atoms. The van der Waals surface area contributed by atoms with Crippen LogP contribution in [0.15, 0.2) is 12.3 Å². The van der Waals surface area contributed by atoms with E-state index in [1.165, 1.54) is 0 Å². The van der Waals surface area contributed by atoms with Crippen molar-refractivity contribution in [3.8, 4) is 5.88 Å². The van der Waals surface area contributed by atoms with E-state index in [0.29, 0.717) is 17.9 Å². The molecule has 1 aliphatic rings. The third-order valence-electron chi connectivity index (χ3n) is 3.36. The fourth-order valence-electron chi connectivity index (χ4n) is 3.13. The van der Waals surface area contributed by atoms with Gasteiger partial charge >= 0.3 is 0 Å². The summed E-state index contributed by atoms with van der Waals surface area (Å²) in [5.41, 5.74) is 0.219. The van der Waals surface area contributed by atoms with Crippen LogP contribution >= 0.6 is 0 Å². The Bertz CT molecular complexity index is 429. The second kappa shape index (κ2) is 4.96. The number of hydrogen-bond acceptors (Lipinski definition) is 5. The van der Waals surface area contributed by atoms with Crippen molar-refractivity contribution in [3.05, 3.63) is 12.3 Å². The zero-order chi connectivity index (χ0) is 14.1.